The summed E-state index contributed by atoms with van der Waals surface area (Å²) in [6, 6.07) is 8.65. The van der Waals surface area contributed by atoms with Gasteiger partial charge >= 0.3 is 12.2 Å². The van der Waals surface area contributed by atoms with Crippen LogP contribution >= 0.6 is 23.2 Å². The number of urea groups is 1. The number of amides is 2. The van der Waals surface area contributed by atoms with Gasteiger partial charge in [-0.25, -0.2) is 4.79 Å². The first kappa shape index (κ1) is 21.8. The lowest BCUT2D eigenvalue weighted by Crippen LogP contribution is -2.42. The quantitative estimate of drug-likeness (QED) is 0.626. The van der Waals surface area contributed by atoms with Crippen LogP contribution in [0.5, 0.6) is 0 Å². The van der Waals surface area contributed by atoms with Crippen LogP contribution in [-0.4, -0.2) is 31.0 Å². The third kappa shape index (κ3) is 3.83. The zero-order valence-electron chi connectivity index (χ0n) is 16.4. The molecule has 2 amide bonds. The third-order valence-corrected chi connectivity index (χ3v) is 5.83. The van der Waals surface area contributed by atoms with Gasteiger partial charge in [0.1, 0.15) is 0 Å². The van der Waals surface area contributed by atoms with Gasteiger partial charge in [-0.3, -0.25) is 4.90 Å². The zero-order chi connectivity index (χ0) is 22.4. The third-order valence-electron chi connectivity index (χ3n) is 5.40. The Morgan fingerprint density at radius 3 is 2.58 bits per heavy atom. The molecular weight excluding hydrogens is 454 g/mol. The molecule has 0 aliphatic carbocycles. The van der Waals surface area contributed by atoms with Crippen molar-refractivity contribution in [3.8, 4) is 0 Å². The molecule has 0 saturated carbocycles. The van der Waals surface area contributed by atoms with Gasteiger partial charge < -0.3 is 10.2 Å². The second-order valence-corrected chi connectivity index (χ2v) is 8.24. The summed E-state index contributed by atoms with van der Waals surface area (Å²) in [5.74, 6) is 0. The van der Waals surface area contributed by atoms with Gasteiger partial charge in [-0.05, 0) is 54.8 Å². The fourth-order valence-electron chi connectivity index (χ4n) is 3.88. The van der Waals surface area contributed by atoms with Crippen LogP contribution in [0.2, 0.25) is 10.0 Å². The van der Waals surface area contributed by atoms with Crippen molar-refractivity contribution in [2.45, 2.75) is 31.5 Å². The lowest BCUT2D eigenvalue weighted by atomic mass is 9.86. The van der Waals surface area contributed by atoms with E-state index >= 15 is 0 Å². The van der Waals surface area contributed by atoms with Gasteiger partial charge in [0.05, 0.1) is 5.71 Å². The molecule has 2 aromatic carbocycles. The first-order valence-corrected chi connectivity index (χ1v) is 10.4. The van der Waals surface area contributed by atoms with Crippen LogP contribution in [0.4, 0.5) is 23.7 Å². The number of halogens is 5. The second-order valence-electron chi connectivity index (χ2n) is 7.37. The average Bonchev–Trinajstić information content (AvgIpc) is 3.32. The Morgan fingerprint density at radius 2 is 1.94 bits per heavy atom. The number of oxime groups is 1. The SMILES string of the molecule is CCNC(=O)N1CCc2cc(C3=NOC(c4cc(Cl)cc(Cl)c4)(C(F)(F)F)C3)ccc21. The minimum atomic E-state index is -4.75. The van der Waals surface area contributed by atoms with Crippen molar-refractivity contribution in [1.82, 2.24) is 5.32 Å². The summed E-state index contributed by atoms with van der Waals surface area (Å²) < 4.78 is 42.5. The van der Waals surface area contributed by atoms with E-state index in [1.54, 1.807) is 23.1 Å². The fraction of sp³-hybridized carbons (Fsp3) is 0.333. The molecule has 1 unspecified atom stereocenters. The minimum absolute atomic E-state index is 0.0751. The number of hydrogen-bond donors (Lipinski definition) is 1. The number of nitrogens with zero attached hydrogens (tertiary/aromatic N) is 2. The van der Waals surface area contributed by atoms with Crippen molar-refractivity contribution in [2.24, 2.45) is 5.16 Å². The summed E-state index contributed by atoms with van der Waals surface area (Å²) >= 11 is 11.9. The molecule has 0 aromatic heterocycles. The predicted molar refractivity (Wildman–Crippen MR) is 113 cm³/mol. The van der Waals surface area contributed by atoms with Crippen LogP contribution in [0, 0.1) is 0 Å². The topological polar surface area (TPSA) is 53.9 Å². The van der Waals surface area contributed by atoms with Gasteiger partial charge in [0.15, 0.2) is 0 Å². The molecule has 2 heterocycles. The lowest BCUT2D eigenvalue weighted by molar-refractivity contribution is -0.275. The van der Waals surface area contributed by atoms with E-state index in [0.717, 1.165) is 11.3 Å². The molecule has 0 saturated heterocycles. The van der Waals surface area contributed by atoms with Crippen molar-refractivity contribution in [2.75, 3.05) is 18.0 Å². The van der Waals surface area contributed by atoms with E-state index in [0.29, 0.717) is 25.1 Å². The number of nitrogens with one attached hydrogen (secondary N) is 1. The highest BCUT2D eigenvalue weighted by Gasteiger charge is 2.62. The smallest absolute Gasteiger partial charge is 0.374 e. The van der Waals surface area contributed by atoms with Gasteiger partial charge in [0.2, 0.25) is 0 Å². The van der Waals surface area contributed by atoms with Gasteiger partial charge in [-0.1, -0.05) is 34.4 Å². The molecule has 1 N–H and O–H groups in total. The van der Waals surface area contributed by atoms with Gasteiger partial charge in [-0.2, -0.15) is 13.2 Å². The highest BCUT2D eigenvalue weighted by molar-refractivity contribution is 6.34. The Morgan fingerprint density at radius 1 is 1.23 bits per heavy atom. The predicted octanol–water partition coefficient (Wildman–Crippen LogP) is 5.67. The summed E-state index contributed by atoms with van der Waals surface area (Å²) in [5, 5.41) is 6.69. The number of rotatable bonds is 3. The maximum absolute atomic E-state index is 14.2. The first-order chi connectivity index (χ1) is 14.6. The van der Waals surface area contributed by atoms with Crippen LogP contribution in [0.15, 0.2) is 41.6 Å². The van der Waals surface area contributed by atoms with E-state index in [9.17, 15) is 18.0 Å². The van der Waals surface area contributed by atoms with E-state index in [1.165, 1.54) is 18.2 Å². The monoisotopic (exact) mass is 471 g/mol. The number of carbonyl (C=O) groups is 1. The minimum Gasteiger partial charge on any atom is -0.374 e. The molecule has 0 fully saturated rings. The van der Waals surface area contributed by atoms with E-state index in [2.05, 4.69) is 10.5 Å². The summed E-state index contributed by atoms with van der Waals surface area (Å²) in [7, 11) is 0. The summed E-state index contributed by atoms with van der Waals surface area (Å²) in [6.45, 7) is 2.83. The van der Waals surface area contributed by atoms with Crippen LogP contribution in [0.3, 0.4) is 0 Å². The Balaban J connectivity index is 1.65. The second kappa shape index (κ2) is 7.91. The van der Waals surface area contributed by atoms with Crippen LogP contribution in [0.25, 0.3) is 0 Å². The summed E-state index contributed by atoms with van der Waals surface area (Å²) in [5.41, 5.74) is -0.619. The fourth-order valence-corrected chi connectivity index (χ4v) is 4.41. The Hall–Kier alpha value is -2.45. The molecule has 10 heteroatoms. The molecule has 31 heavy (non-hydrogen) atoms. The van der Waals surface area contributed by atoms with Crippen molar-refractivity contribution in [3.63, 3.8) is 0 Å². The Labute approximate surface area is 186 Å². The number of benzene rings is 2. The lowest BCUT2D eigenvalue weighted by Gasteiger charge is -2.29. The standard InChI is InChI=1S/C21H18Cl2F3N3O2/c1-2-27-19(30)29-6-5-13-7-12(3-4-18(13)29)17-11-20(31-28-17,21(24,25)26)14-8-15(22)10-16(23)9-14/h3-4,7-10H,2,5-6,11H2,1H3,(H,27,30). The molecule has 164 valence electrons. The summed E-state index contributed by atoms with van der Waals surface area (Å²) in [6.07, 6.45) is -4.67. The molecule has 0 bridgehead atoms. The van der Waals surface area contributed by atoms with Crippen molar-refractivity contribution >= 4 is 40.6 Å². The average molecular weight is 472 g/mol. The molecule has 0 spiro atoms. The highest BCUT2D eigenvalue weighted by atomic mass is 35.5. The summed E-state index contributed by atoms with van der Waals surface area (Å²) in [4.78, 5) is 18.8. The molecule has 1 atom stereocenters. The van der Waals surface area contributed by atoms with Crippen molar-refractivity contribution < 1.29 is 22.8 Å². The molecule has 2 aliphatic heterocycles. The highest BCUT2D eigenvalue weighted by Crippen LogP contribution is 2.50. The van der Waals surface area contributed by atoms with Gasteiger partial charge in [0, 0.05) is 40.8 Å². The molecule has 2 aromatic rings. The van der Waals surface area contributed by atoms with Crippen LogP contribution in [0.1, 0.15) is 30.0 Å². The number of fused-ring (bicyclic) bond motifs is 1. The normalized spacial score (nSPS) is 20.3. The van der Waals surface area contributed by atoms with E-state index in [-0.39, 0.29) is 27.4 Å². The van der Waals surface area contributed by atoms with Gasteiger partial charge in [0.25, 0.3) is 5.60 Å². The van der Waals surface area contributed by atoms with E-state index in [1.807, 2.05) is 6.92 Å². The van der Waals surface area contributed by atoms with Crippen molar-refractivity contribution in [1.29, 1.82) is 0 Å². The zero-order valence-corrected chi connectivity index (χ0v) is 17.9. The Kier molecular flexibility index (Phi) is 5.55. The maximum atomic E-state index is 14.2. The molecule has 5 nitrogen and oxygen atoms in total. The number of carbonyl (C=O) groups excluding carboxylic acids is 1. The maximum Gasteiger partial charge on any atom is 0.435 e. The molecular formula is C21H18Cl2F3N3O2. The van der Waals surface area contributed by atoms with Crippen LogP contribution in [-0.2, 0) is 16.9 Å². The molecule has 2 aliphatic rings. The Bertz CT molecular complexity index is 1050. The molecule has 4 rings (SSSR count). The number of alkyl halides is 3. The van der Waals surface area contributed by atoms with Gasteiger partial charge in [-0.15, -0.1) is 0 Å². The number of anilines is 1. The van der Waals surface area contributed by atoms with E-state index < -0.39 is 18.2 Å². The first-order valence-electron chi connectivity index (χ1n) is 9.61. The largest absolute Gasteiger partial charge is 0.435 e. The number of hydrogen-bond acceptors (Lipinski definition) is 3. The van der Waals surface area contributed by atoms with E-state index in [4.69, 9.17) is 28.0 Å². The van der Waals surface area contributed by atoms with Crippen molar-refractivity contribution in [3.05, 3.63) is 63.1 Å². The van der Waals surface area contributed by atoms with Crippen LogP contribution < -0.4 is 10.2 Å². The molecule has 0 radical (unpaired) electrons.